The van der Waals surface area contributed by atoms with E-state index < -0.39 is 0 Å². The normalized spacial score (nSPS) is 12.8. The summed E-state index contributed by atoms with van der Waals surface area (Å²) >= 11 is 3.54. The van der Waals surface area contributed by atoms with Gasteiger partial charge in [0.2, 0.25) is 0 Å². The van der Waals surface area contributed by atoms with Gasteiger partial charge in [0.1, 0.15) is 11.6 Å². The molecule has 0 aliphatic heterocycles. The van der Waals surface area contributed by atoms with Crippen LogP contribution in [0.15, 0.2) is 10.9 Å². The smallest absolute Gasteiger partial charge is 0.349 e. The number of halogens is 1. The molecule has 1 unspecified atom stereocenters. The summed E-state index contributed by atoms with van der Waals surface area (Å²) in [6.07, 6.45) is 0. The first-order chi connectivity index (χ1) is 9.02. The van der Waals surface area contributed by atoms with E-state index in [-0.39, 0.29) is 10.5 Å². The summed E-state index contributed by atoms with van der Waals surface area (Å²) in [5, 5.41) is 6.37. The van der Waals surface area contributed by atoms with Gasteiger partial charge in [-0.2, -0.15) is 5.10 Å². The quantitative estimate of drug-likeness (QED) is 0.812. The molecule has 2 aromatic heterocycles. The maximum atomic E-state index is 11.5. The highest BCUT2D eigenvalue weighted by Crippen LogP contribution is 2.14. The standard InChI is InChI=1S/C11H16BrN5O2/c1-7-13-9(16(2)5-8(12)6-19-3)4-10-14-15-11(18)17(7)10/h4,8H,5-6H2,1-3H3,(H,15,18). The molecule has 0 saturated carbocycles. The monoisotopic (exact) mass is 329 g/mol. The predicted molar refractivity (Wildman–Crippen MR) is 76.2 cm³/mol. The van der Waals surface area contributed by atoms with E-state index >= 15 is 0 Å². The summed E-state index contributed by atoms with van der Waals surface area (Å²) < 4.78 is 6.52. The van der Waals surface area contributed by atoms with Gasteiger partial charge in [-0.25, -0.2) is 19.3 Å². The van der Waals surface area contributed by atoms with Crippen LogP contribution in [0.5, 0.6) is 0 Å². The fourth-order valence-electron chi connectivity index (χ4n) is 1.90. The number of hydrogen-bond acceptors (Lipinski definition) is 5. The molecule has 0 spiro atoms. The van der Waals surface area contributed by atoms with Gasteiger partial charge in [0.25, 0.3) is 0 Å². The number of anilines is 1. The summed E-state index contributed by atoms with van der Waals surface area (Å²) in [5.41, 5.74) is 0.296. The van der Waals surface area contributed by atoms with Crippen LogP contribution in [0, 0.1) is 6.92 Å². The van der Waals surface area contributed by atoms with Crippen molar-refractivity contribution in [2.75, 3.05) is 32.2 Å². The van der Waals surface area contributed by atoms with Gasteiger partial charge < -0.3 is 9.64 Å². The lowest BCUT2D eigenvalue weighted by molar-refractivity contribution is 0.201. The first-order valence-corrected chi connectivity index (χ1v) is 6.73. The molecule has 19 heavy (non-hydrogen) atoms. The number of rotatable bonds is 5. The predicted octanol–water partition coefficient (Wildman–Crippen LogP) is 0.572. The summed E-state index contributed by atoms with van der Waals surface area (Å²) in [6, 6.07) is 1.78. The van der Waals surface area contributed by atoms with Crippen molar-refractivity contribution in [3.8, 4) is 0 Å². The molecule has 7 nitrogen and oxygen atoms in total. The summed E-state index contributed by atoms with van der Waals surface area (Å²) in [7, 11) is 3.60. The minimum atomic E-state index is -0.271. The van der Waals surface area contributed by atoms with Gasteiger partial charge in [-0.15, -0.1) is 0 Å². The molecule has 0 aromatic carbocycles. The first kappa shape index (κ1) is 14.0. The minimum Gasteiger partial charge on any atom is -0.383 e. The van der Waals surface area contributed by atoms with Gasteiger partial charge in [-0.1, -0.05) is 15.9 Å². The van der Waals surface area contributed by atoms with E-state index in [2.05, 4.69) is 31.1 Å². The fraction of sp³-hybridized carbons (Fsp3) is 0.545. The summed E-state index contributed by atoms with van der Waals surface area (Å²) in [6.45, 7) is 3.14. The molecule has 8 heteroatoms. The SMILES string of the molecule is COCC(Br)CN(C)c1cc2n[nH]c(=O)n2c(C)n1. The average Bonchev–Trinajstić information content (AvgIpc) is 2.71. The lowest BCUT2D eigenvalue weighted by atomic mass is 10.4. The molecular formula is C11H16BrN5O2. The third-order valence-electron chi connectivity index (χ3n) is 2.77. The van der Waals surface area contributed by atoms with E-state index in [0.717, 1.165) is 12.4 Å². The van der Waals surface area contributed by atoms with Gasteiger partial charge in [0.05, 0.1) is 11.4 Å². The number of ether oxygens (including phenoxy) is 1. The van der Waals surface area contributed by atoms with Crippen molar-refractivity contribution < 1.29 is 4.74 Å². The molecule has 104 valence electrons. The van der Waals surface area contributed by atoms with Gasteiger partial charge in [-0.3, -0.25) is 0 Å². The van der Waals surface area contributed by atoms with E-state index in [9.17, 15) is 4.79 Å². The molecule has 2 rings (SSSR count). The second kappa shape index (κ2) is 5.70. The van der Waals surface area contributed by atoms with Crippen LogP contribution >= 0.6 is 15.9 Å². The van der Waals surface area contributed by atoms with Crippen LogP contribution in [0.3, 0.4) is 0 Å². The maximum absolute atomic E-state index is 11.5. The Bertz CT molecular complexity index is 623. The fourth-order valence-corrected chi connectivity index (χ4v) is 2.60. The zero-order chi connectivity index (χ0) is 14.0. The van der Waals surface area contributed by atoms with Crippen LogP contribution in [-0.4, -0.2) is 51.7 Å². The average molecular weight is 330 g/mol. The van der Waals surface area contributed by atoms with E-state index in [1.165, 1.54) is 4.40 Å². The molecule has 0 amide bonds. The number of alkyl halides is 1. The Morgan fingerprint density at radius 1 is 1.63 bits per heavy atom. The Kier molecular flexibility index (Phi) is 4.20. The van der Waals surface area contributed by atoms with Gasteiger partial charge in [0, 0.05) is 26.8 Å². The van der Waals surface area contributed by atoms with Crippen molar-refractivity contribution in [2.24, 2.45) is 0 Å². The first-order valence-electron chi connectivity index (χ1n) is 5.82. The van der Waals surface area contributed by atoms with E-state index in [4.69, 9.17) is 4.74 Å². The molecule has 2 aromatic rings. The second-order valence-corrected chi connectivity index (χ2v) is 5.61. The number of H-pyrrole nitrogens is 1. The summed E-state index contributed by atoms with van der Waals surface area (Å²) in [5.74, 6) is 1.38. The Morgan fingerprint density at radius 3 is 3.05 bits per heavy atom. The lowest BCUT2D eigenvalue weighted by Crippen LogP contribution is -2.29. The van der Waals surface area contributed by atoms with Crippen molar-refractivity contribution in [3.05, 3.63) is 22.4 Å². The third kappa shape index (κ3) is 2.95. The van der Waals surface area contributed by atoms with Crippen molar-refractivity contribution in [1.82, 2.24) is 19.6 Å². The number of aromatic nitrogens is 4. The molecule has 0 bridgehead atoms. The number of hydrogen-bond donors (Lipinski definition) is 1. The van der Waals surface area contributed by atoms with Gasteiger partial charge in [-0.05, 0) is 6.92 Å². The Morgan fingerprint density at radius 2 is 2.37 bits per heavy atom. The van der Waals surface area contributed by atoms with Gasteiger partial charge in [0.15, 0.2) is 5.65 Å². The summed E-state index contributed by atoms with van der Waals surface area (Å²) in [4.78, 5) is 18.1. The van der Waals surface area contributed by atoms with Crippen LogP contribution in [0.25, 0.3) is 5.65 Å². The van der Waals surface area contributed by atoms with Crippen molar-refractivity contribution in [3.63, 3.8) is 0 Å². The molecule has 0 radical (unpaired) electrons. The number of fused-ring (bicyclic) bond motifs is 1. The van der Waals surface area contributed by atoms with E-state index in [1.54, 1.807) is 20.1 Å². The van der Waals surface area contributed by atoms with Crippen molar-refractivity contribution in [1.29, 1.82) is 0 Å². The Labute approximate surface area is 118 Å². The molecule has 0 fully saturated rings. The van der Waals surface area contributed by atoms with Crippen LogP contribution in [0.1, 0.15) is 5.82 Å². The van der Waals surface area contributed by atoms with Crippen molar-refractivity contribution in [2.45, 2.75) is 11.8 Å². The lowest BCUT2D eigenvalue weighted by Gasteiger charge is -2.21. The number of methoxy groups -OCH3 is 1. The Hall–Kier alpha value is -1.41. The van der Waals surface area contributed by atoms with Crippen LogP contribution in [0.4, 0.5) is 5.82 Å². The van der Waals surface area contributed by atoms with Gasteiger partial charge >= 0.3 is 5.69 Å². The molecule has 2 heterocycles. The largest absolute Gasteiger partial charge is 0.383 e. The third-order valence-corrected chi connectivity index (χ3v) is 3.32. The molecule has 0 aliphatic rings. The van der Waals surface area contributed by atoms with Crippen molar-refractivity contribution >= 4 is 27.4 Å². The van der Waals surface area contributed by atoms with Crippen LogP contribution in [0.2, 0.25) is 0 Å². The van der Waals surface area contributed by atoms with E-state index in [1.807, 2.05) is 11.9 Å². The maximum Gasteiger partial charge on any atom is 0.349 e. The second-order valence-electron chi connectivity index (χ2n) is 4.32. The highest BCUT2D eigenvalue weighted by atomic mass is 79.9. The highest BCUT2D eigenvalue weighted by molar-refractivity contribution is 9.09. The molecule has 1 N–H and O–H groups in total. The minimum absolute atomic E-state index is 0.210. The highest BCUT2D eigenvalue weighted by Gasteiger charge is 2.13. The number of aromatic amines is 1. The van der Waals surface area contributed by atoms with Crippen LogP contribution in [-0.2, 0) is 4.74 Å². The topological polar surface area (TPSA) is 75.5 Å². The van der Waals surface area contributed by atoms with Crippen LogP contribution < -0.4 is 10.6 Å². The number of aryl methyl sites for hydroxylation is 1. The number of nitrogens with one attached hydrogen (secondary N) is 1. The molecular weight excluding hydrogens is 314 g/mol. The zero-order valence-electron chi connectivity index (χ0n) is 11.1. The van der Waals surface area contributed by atoms with E-state index in [0.29, 0.717) is 18.1 Å². The zero-order valence-corrected chi connectivity index (χ0v) is 12.6. The number of nitrogens with zero attached hydrogens (tertiary/aromatic N) is 4. The molecule has 0 saturated heterocycles. The Balaban J connectivity index is 2.27. The molecule has 0 aliphatic carbocycles. The molecule has 1 atom stereocenters.